The molecule has 1 unspecified atom stereocenters. The zero-order valence-corrected chi connectivity index (χ0v) is 10.5. The van der Waals surface area contributed by atoms with E-state index in [-0.39, 0.29) is 0 Å². The molecule has 1 aromatic rings. The summed E-state index contributed by atoms with van der Waals surface area (Å²) in [6.45, 7) is 9.15. The quantitative estimate of drug-likeness (QED) is 0.689. The molecule has 0 aliphatic rings. The Kier molecular flexibility index (Phi) is 5.87. The maximum Gasteiger partial charge on any atom is 0.0104 e. The first-order valence-electron chi connectivity index (χ1n) is 6.16. The average molecular weight is 217 g/mol. The lowest BCUT2D eigenvalue weighted by molar-refractivity contribution is 0.498. The van der Waals surface area contributed by atoms with E-state index in [0.29, 0.717) is 6.04 Å². The Balaban J connectivity index is 2.44. The van der Waals surface area contributed by atoms with Crippen molar-refractivity contribution < 1.29 is 0 Å². The van der Waals surface area contributed by atoms with Gasteiger partial charge in [-0.2, -0.15) is 0 Å². The van der Waals surface area contributed by atoms with Gasteiger partial charge in [0.05, 0.1) is 0 Å². The third-order valence-electron chi connectivity index (χ3n) is 2.81. The topological polar surface area (TPSA) is 12.0 Å². The van der Waals surface area contributed by atoms with Crippen LogP contribution in [0.1, 0.15) is 30.9 Å². The van der Waals surface area contributed by atoms with Gasteiger partial charge in [0.2, 0.25) is 0 Å². The molecule has 0 fully saturated rings. The second-order valence-electron chi connectivity index (χ2n) is 4.31. The van der Waals surface area contributed by atoms with Gasteiger partial charge in [0.15, 0.2) is 0 Å². The summed E-state index contributed by atoms with van der Waals surface area (Å²) in [6.07, 6.45) is 5.39. The molecule has 1 heteroatoms. The number of benzene rings is 1. The van der Waals surface area contributed by atoms with Crippen molar-refractivity contribution in [2.45, 2.75) is 39.2 Å². The van der Waals surface area contributed by atoms with Crippen LogP contribution in [0.15, 0.2) is 36.9 Å². The first-order valence-corrected chi connectivity index (χ1v) is 6.16. The summed E-state index contributed by atoms with van der Waals surface area (Å²) >= 11 is 0. The summed E-state index contributed by atoms with van der Waals surface area (Å²) in [5.74, 6) is 0. The highest BCUT2D eigenvalue weighted by molar-refractivity contribution is 5.22. The molecule has 0 spiro atoms. The highest BCUT2D eigenvalue weighted by Crippen LogP contribution is 2.09. The zero-order valence-electron chi connectivity index (χ0n) is 10.5. The molecule has 1 nitrogen and oxygen atoms in total. The van der Waals surface area contributed by atoms with Gasteiger partial charge in [0, 0.05) is 6.04 Å². The molecule has 0 radical (unpaired) electrons. The molecular formula is C15H23N. The standard InChI is InChI=1S/C15H23N/c1-4-7-15(16-5-2)11-10-14-9-6-8-13(3)12-14/h4,6,8-9,12,15-16H,1,5,7,10-11H2,2-3H3. The van der Waals surface area contributed by atoms with Crippen LogP contribution in [0, 0.1) is 6.92 Å². The first kappa shape index (κ1) is 13.0. The summed E-state index contributed by atoms with van der Waals surface area (Å²) < 4.78 is 0. The van der Waals surface area contributed by atoms with Crippen LogP contribution in [0.4, 0.5) is 0 Å². The van der Waals surface area contributed by atoms with Crippen molar-refractivity contribution in [3.05, 3.63) is 48.0 Å². The molecular weight excluding hydrogens is 194 g/mol. The van der Waals surface area contributed by atoms with Crippen LogP contribution in [0.3, 0.4) is 0 Å². The van der Waals surface area contributed by atoms with Gasteiger partial charge in [-0.3, -0.25) is 0 Å². The molecule has 0 aromatic heterocycles. The van der Waals surface area contributed by atoms with Gasteiger partial charge in [0.1, 0.15) is 0 Å². The second-order valence-corrected chi connectivity index (χ2v) is 4.31. The van der Waals surface area contributed by atoms with Crippen LogP contribution in [-0.4, -0.2) is 12.6 Å². The summed E-state index contributed by atoms with van der Waals surface area (Å²) in [4.78, 5) is 0. The molecule has 16 heavy (non-hydrogen) atoms. The predicted octanol–water partition coefficient (Wildman–Crippen LogP) is 3.48. The molecule has 1 rings (SSSR count). The largest absolute Gasteiger partial charge is 0.314 e. The number of nitrogens with one attached hydrogen (secondary N) is 1. The first-order chi connectivity index (χ1) is 7.76. The highest BCUT2D eigenvalue weighted by Gasteiger charge is 2.05. The Morgan fingerprint density at radius 1 is 1.44 bits per heavy atom. The van der Waals surface area contributed by atoms with Crippen molar-refractivity contribution in [2.24, 2.45) is 0 Å². The van der Waals surface area contributed by atoms with Gasteiger partial charge in [-0.25, -0.2) is 0 Å². The highest BCUT2D eigenvalue weighted by atomic mass is 14.9. The fourth-order valence-electron chi connectivity index (χ4n) is 2.00. The molecule has 0 aliphatic heterocycles. The van der Waals surface area contributed by atoms with E-state index in [1.165, 1.54) is 17.5 Å². The molecule has 1 aromatic carbocycles. The molecule has 0 aliphatic carbocycles. The Labute approximate surface area is 99.6 Å². The molecule has 88 valence electrons. The Morgan fingerprint density at radius 3 is 2.88 bits per heavy atom. The lowest BCUT2D eigenvalue weighted by Crippen LogP contribution is -2.28. The smallest absolute Gasteiger partial charge is 0.0104 e. The van der Waals surface area contributed by atoms with Gasteiger partial charge in [-0.05, 0) is 38.3 Å². The lowest BCUT2D eigenvalue weighted by atomic mass is 10.0. The van der Waals surface area contributed by atoms with E-state index >= 15 is 0 Å². The summed E-state index contributed by atoms with van der Waals surface area (Å²) in [5.41, 5.74) is 2.79. The van der Waals surface area contributed by atoms with Gasteiger partial charge in [-0.15, -0.1) is 6.58 Å². The van der Waals surface area contributed by atoms with Crippen molar-refractivity contribution in [2.75, 3.05) is 6.54 Å². The Hall–Kier alpha value is -1.08. The minimum Gasteiger partial charge on any atom is -0.314 e. The maximum atomic E-state index is 3.81. The van der Waals surface area contributed by atoms with Gasteiger partial charge in [-0.1, -0.05) is 42.8 Å². The SMILES string of the molecule is C=CCC(CCc1cccc(C)c1)NCC. The zero-order chi connectivity index (χ0) is 11.8. The number of hydrogen-bond acceptors (Lipinski definition) is 1. The minimum atomic E-state index is 0.572. The van der Waals surface area contributed by atoms with Crippen molar-refractivity contribution in [1.29, 1.82) is 0 Å². The minimum absolute atomic E-state index is 0.572. The fourth-order valence-corrected chi connectivity index (χ4v) is 2.00. The van der Waals surface area contributed by atoms with Crippen molar-refractivity contribution in [3.63, 3.8) is 0 Å². The average Bonchev–Trinajstić information content (AvgIpc) is 2.27. The normalized spacial score (nSPS) is 12.4. The van der Waals surface area contributed by atoms with E-state index in [9.17, 15) is 0 Å². The van der Waals surface area contributed by atoms with Gasteiger partial charge < -0.3 is 5.32 Å². The number of rotatable bonds is 7. The van der Waals surface area contributed by atoms with E-state index < -0.39 is 0 Å². The van der Waals surface area contributed by atoms with Crippen LogP contribution in [0.2, 0.25) is 0 Å². The Morgan fingerprint density at radius 2 is 2.25 bits per heavy atom. The van der Waals surface area contributed by atoms with Crippen LogP contribution >= 0.6 is 0 Å². The molecule has 0 bridgehead atoms. The van der Waals surface area contributed by atoms with Crippen molar-refractivity contribution >= 4 is 0 Å². The predicted molar refractivity (Wildman–Crippen MR) is 71.8 cm³/mol. The monoisotopic (exact) mass is 217 g/mol. The summed E-state index contributed by atoms with van der Waals surface area (Å²) in [5, 5.41) is 3.50. The van der Waals surface area contributed by atoms with Crippen LogP contribution in [-0.2, 0) is 6.42 Å². The van der Waals surface area contributed by atoms with E-state index in [1.807, 2.05) is 6.08 Å². The molecule has 0 saturated heterocycles. The summed E-state index contributed by atoms with van der Waals surface area (Å²) in [6, 6.07) is 9.35. The number of hydrogen-bond donors (Lipinski definition) is 1. The van der Waals surface area contributed by atoms with E-state index in [1.54, 1.807) is 0 Å². The molecule has 0 saturated carbocycles. The number of aryl methyl sites for hydroxylation is 2. The van der Waals surface area contributed by atoms with Crippen molar-refractivity contribution in [3.8, 4) is 0 Å². The van der Waals surface area contributed by atoms with Crippen molar-refractivity contribution in [1.82, 2.24) is 5.32 Å². The fraction of sp³-hybridized carbons (Fsp3) is 0.467. The second kappa shape index (κ2) is 7.24. The van der Waals surface area contributed by atoms with Gasteiger partial charge >= 0.3 is 0 Å². The Bertz CT molecular complexity index is 317. The third kappa shape index (κ3) is 4.63. The molecule has 0 heterocycles. The van der Waals surface area contributed by atoms with E-state index in [4.69, 9.17) is 0 Å². The third-order valence-corrected chi connectivity index (χ3v) is 2.81. The maximum absolute atomic E-state index is 3.81. The molecule has 1 N–H and O–H groups in total. The van der Waals surface area contributed by atoms with Crippen LogP contribution in [0.5, 0.6) is 0 Å². The molecule has 0 amide bonds. The van der Waals surface area contributed by atoms with E-state index in [0.717, 1.165) is 19.4 Å². The van der Waals surface area contributed by atoms with Crippen LogP contribution in [0.25, 0.3) is 0 Å². The molecule has 1 atom stereocenters. The van der Waals surface area contributed by atoms with Gasteiger partial charge in [0.25, 0.3) is 0 Å². The lowest BCUT2D eigenvalue weighted by Gasteiger charge is -2.15. The van der Waals surface area contributed by atoms with E-state index in [2.05, 4.69) is 50.0 Å². The summed E-state index contributed by atoms with van der Waals surface area (Å²) in [7, 11) is 0. The van der Waals surface area contributed by atoms with Crippen LogP contribution < -0.4 is 5.32 Å².